The Bertz CT molecular complexity index is 3200. The van der Waals surface area contributed by atoms with Crippen LogP contribution < -0.4 is 0 Å². The lowest BCUT2D eigenvalue weighted by Crippen LogP contribution is -2.30. The van der Waals surface area contributed by atoms with Gasteiger partial charge in [0.1, 0.15) is 5.82 Å². The van der Waals surface area contributed by atoms with Crippen molar-refractivity contribution in [3.05, 3.63) is 215 Å². The predicted molar refractivity (Wildman–Crippen MR) is 231 cm³/mol. The van der Waals surface area contributed by atoms with Crippen molar-refractivity contribution in [2.45, 2.75) is 5.41 Å². The summed E-state index contributed by atoms with van der Waals surface area (Å²) in [6.07, 6.45) is 4.64. The molecule has 1 atom stereocenters. The van der Waals surface area contributed by atoms with Gasteiger partial charge in [0.2, 0.25) is 0 Å². The minimum atomic E-state index is -0.520. The van der Waals surface area contributed by atoms with Crippen molar-refractivity contribution >= 4 is 54.7 Å². The zero-order valence-electron chi connectivity index (χ0n) is 29.8. The van der Waals surface area contributed by atoms with Gasteiger partial charge in [0.15, 0.2) is 0 Å². The van der Waals surface area contributed by atoms with Crippen molar-refractivity contribution in [1.29, 1.82) is 0 Å². The number of aromatic nitrogens is 2. The molecule has 3 heteroatoms. The number of para-hydroxylation sites is 1. The lowest BCUT2D eigenvalue weighted by molar-refractivity contribution is 0.767. The van der Waals surface area contributed by atoms with Crippen LogP contribution >= 0.6 is 11.3 Å². The second-order valence-corrected chi connectivity index (χ2v) is 15.7. The smallest absolute Gasteiger partial charge is 0.145 e. The lowest BCUT2D eigenvalue weighted by Gasteiger charge is -2.35. The molecule has 2 heterocycles. The van der Waals surface area contributed by atoms with E-state index in [1.54, 1.807) is 0 Å². The van der Waals surface area contributed by atoms with E-state index in [0.717, 1.165) is 33.7 Å². The van der Waals surface area contributed by atoms with Crippen LogP contribution in [-0.2, 0) is 5.41 Å². The second kappa shape index (κ2) is 11.6. The number of nitrogens with zero attached hydrogens (tertiary/aromatic N) is 2. The molecule has 0 fully saturated rings. The highest BCUT2D eigenvalue weighted by Gasteiger charge is 2.49. The van der Waals surface area contributed by atoms with Gasteiger partial charge in [-0.3, -0.25) is 4.57 Å². The molecule has 2 aliphatic carbocycles. The summed E-state index contributed by atoms with van der Waals surface area (Å²) in [5, 5.41) is 2.70. The summed E-state index contributed by atoms with van der Waals surface area (Å²) in [5.41, 5.74) is 16.5. The molecular weight excluding hydrogens is 685 g/mol. The molecule has 0 aliphatic heterocycles. The predicted octanol–water partition coefficient (Wildman–Crippen LogP) is 13.6. The number of fused-ring (bicyclic) bond motifs is 14. The van der Waals surface area contributed by atoms with E-state index in [1.807, 2.05) is 11.3 Å². The number of imidazole rings is 1. The highest BCUT2D eigenvalue weighted by molar-refractivity contribution is 7.26. The van der Waals surface area contributed by atoms with Gasteiger partial charge in [-0.2, -0.15) is 0 Å². The maximum Gasteiger partial charge on any atom is 0.145 e. The highest BCUT2D eigenvalue weighted by atomic mass is 32.1. The molecule has 1 spiro atoms. The van der Waals surface area contributed by atoms with Crippen molar-refractivity contribution in [3.63, 3.8) is 0 Å². The van der Waals surface area contributed by atoms with E-state index in [1.165, 1.54) is 70.2 Å². The largest absolute Gasteiger partial charge is 0.292 e. The molecule has 12 rings (SSSR count). The summed E-state index contributed by atoms with van der Waals surface area (Å²) >= 11 is 1.89. The average Bonchev–Trinajstić information content (AvgIpc) is 3.88. The summed E-state index contributed by atoms with van der Waals surface area (Å²) in [7, 11) is 0. The first-order chi connectivity index (χ1) is 27.3. The normalized spacial score (nSPS) is 15.3. The van der Waals surface area contributed by atoms with Gasteiger partial charge in [-0.05, 0) is 98.1 Å². The number of thiophene rings is 1. The Balaban J connectivity index is 1.13. The molecule has 2 nitrogen and oxygen atoms in total. The van der Waals surface area contributed by atoms with Crippen LogP contribution in [0.15, 0.2) is 182 Å². The number of benzene rings is 8. The summed E-state index contributed by atoms with van der Waals surface area (Å²) in [5.74, 6) is 0.938. The molecule has 0 bridgehead atoms. The fraction of sp³-hybridized carbons (Fsp3) is 0.0192. The van der Waals surface area contributed by atoms with Crippen molar-refractivity contribution < 1.29 is 0 Å². The van der Waals surface area contributed by atoms with Gasteiger partial charge in [0.05, 0.1) is 16.4 Å². The van der Waals surface area contributed by atoms with Crippen LogP contribution in [0.5, 0.6) is 0 Å². The Morgan fingerprint density at radius 1 is 0.473 bits per heavy atom. The van der Waals surface area contributed by atoms with Gasteiger partial charge in [-0.15, -0.1) is 11.3 Å². The zero-order chi connectivity index (χ0) is 36.1. The van der Waals surface area contributed by atoms with Gasteiger partial charge in [-0.1, -0.05) is 152 Å². The monoisotopic (exact) mass is 716 g/mol. The Labute approximate surface area is 322 Å². The summed E-state index contributed by atoms with van der Waals surface area (Å²) < 4.78 is 4.94. The van der Waals surface area contributed by atoms with Crippen LogP contribution in [0.25, 0.3) is 82.7 Å². The zero-order valence-corrected chi connectivity index (χ0v) is 30.6. The summed E-state index contributed by atoms with van der Waals surface area (Å²) in [4.78, 5) is 5.31. The summed E-state index contributed by atoms with van der Waals surface area (Å²) in [6, 6.07) is 66.8. The van der Waals surface area contributed by atoms with E-state index < -0.39 is 5.41 Å². The minimum Gasteiger partial charge on any atom is -0.292 e. The third kappa shape index (κ3) is 4.27. The van der Waals surface area contributed by atoms with Crippen LogP contribution in [0.1, 0.15) is 33.4 Å². The van der Waals surface area contributed by atoms with E-state index in [9.17, 15) is 0 Å². The molecule has 10 aromatic rings. The first-order valence-electron chi connectivity index (χ1n) is 18.9. The molecule has 2 aromatic heterocycles. The number of rotatable bonds is 3. The summed E-state index contributed by atoms with van der Waals surface area (Å²) in [6.45, 7) is 0. The Kier molecular flexibility index (Phi) is 6.46. The Morgan fingerprint density at radius 2 is 1.16 bits per heavy atom. The van der Waals surface area contributed by atoms with Crippen LogP contribution in [-0.4, -0.2) is 9.55 Å². The molecule has 55 heavy (non-hydrogen) atoms. The molecule has 0 amide bonds. The first-order valence-corrected chi connectivity index (χ1v) is 19.7. The fourth-order valence-electron chi connectivity index (χ4n) is 9.56. The van der Waals surface area contributed by atoms with Gasteiger partial charge in [0, 0.05) is 31.4 Å². The standard InChI is InChI=1S/C52H32N2S/c1-3-14-35(15-4-1)51-53-45-32-37(27-29-46(45)54(51)38-16-5-2-6-17-38)36-26-25-34-24-23-33-13-7-10-20-41(33)52(44(34)31-36)42-21-11-8-18-39(42)49-43(52)28-30-48-50(49)40-19-9-12-22-47(40)55-48/h1-32H. The Morgan fingerprint density at radius 3 is 2.04 bits per heavy atom. The molecule has 0 saturated carbocycles. The lowest BCUT2D eigenvalue weighted by atomic mass is 9.65. The van der Waals surface area contributed by atoms with Crippen molar-refractivity contribution in [2.24, 2.45) is 0 Å². The maximum atomic E-state index is 5.31. The van der Waals surface area contributed by atoms with Gasteiger partial charge >= 0.3 is 0 Å². The van der Waals surface area contributed by atoms with E-state index in [2.05, 4.69) is 199 Å². The third-order valence-electron chi connectivity index (χ3n) is 11.8. The molecule has 256 valence electrons. The van der Waals surface area contributed by atoms with E-state index in [4.69, 9.17) is 4.98 Å². The van der Waals surface area contributed by atoms with E-state index >= 15 is 0 Å². The molecule has 0 N–H and O–H groups in total. The number of hydrogen-bond acceptors (Lipinski definition) is 2. The second-order valence-electron chi connectivity index (χ2n) is 14.7. The molecule has 0 radical (unpaired) electrons. The van der Waals surface area contributed by atoms with Gasteiger partial charge in [0.25, 0.3) is 0 Å². The third-order valence-corrected chi connectivity index (χ3v) is 13.0. The molecule has 0 saturated heterocycles. The van der Waals surface area contributed by atoms with Crippen molar-refractivity contribution in [3.8, 4) is 39.3 Å². The number of hydrogen-bond donors (Lipinski definition) is 0. The highest BCUT2D eigenvalue weighted by Crippen LogP contribution is 2.61. The van der Waals surface area contributed by atoms with Crippen molar-refractivity contribution in [2.75, 3.05) is 0 Å². The van der Waals surface area contributed by atoms with Crippen LogP contribution in [0.2, 0.25) is 0 Å². The fourth-order valence-corrected chi connectivity index (χ4v) is 10.7. The van der Waals surface area contributed by atoms with E-state index in [-0.39, 0.29) is 0 Å². The molecule has 2 aliphatic rings. The van der Waals surface area contributed by atoms with Crippen LogP contribution in [0.4, 0.5) is 0 Å². The van der Waals surface area contributed by atoms with Crippen LogP contribution in [0, 0.1) is 0 Å². The SMILES string of the molecule is C1=Cc2ccc(-c3ccc4c(c3)nc(-c3ccccc3)n4-c3ccccc3)cc2C2(c3ccccc31)c1ccccc1-c1c2ccc2sc3ccccc3c12. The minimum absolute atomic E-state index is 0.520. The molecule has 1 unspecified atom stereocenters. The first kappa shape index (κ1) is 30.6. The van der Waals surface area contributed by atoms with Crippen LogP contribution in [0.3, 0.4) is 0 Å². The van der Waals surface area contributed by atoms with Gasteiger partial charge in [-0.25, -0.2) is 4.98 Å². The Hall–Kier alpha value is -6.81. The average molecular weight is 717 g/mol. The topological polar surface area (TPSA) is 17.8 Å². The van der Waals surface area contributed by atoms with Crippen molar-refractivity contribution in [1.82, 2.24) is 9.55 Å². The molecular formula is C52H32N2S. The quantitative estimate of drug-likeness (QED) is 0.178. The van der Waals surface area contributed by atoms with Gasteiger partial charge < -0.3 is 0 Å². The maximum absolute atomic E-state index is 5.31. The molecule has 8 aromatic carbocycles. The van der Waals surface area contributed by atoms with E-state index in [0.29, 0.717) is 0 Å².